The molecule has 53 valence electrons. The van der Waals surface area contributed by atoms with Crippen LogP contribution in [0.4, 0.5) is 0 Å². The van der Waals surface area contributed by atoms with E-state index in [0.717, 1.165) is 6.42 Å². The summed E-state index contributed by atoms with van der Waals surface area (Å²) in [7, 11) is 0. The Morgan fingerprint density at radius 2 is 2.50 bits per heavy atom. The summed E-state index contributed by atoms with van der Waals surface area (Å²) in [6, 6.07) is 4.03. The lowest BCUT2D eigenvalue weighted by Crippen LogP contribution is -1.91. The van der Waals surface area contributed by atoms with E-state index < -0.39 is 0 Å². The molecular weight excluding hydrogens is 122 g/mol. The van der Waals surface area contributed by atoms with Gasteiger partial charge in [-0.25, -0.2) is 0 Å². The van der Waals surface area contributed by atoms with E-state index in [9.17, 15) is 0 Å². The monoisotopic (exact) mass is 134 g/mol. The lowest BCUT2D eigenvalue weighted by molar-refractivity contribution is 0.728. The van der Waals surface area contributed by atoms with Crippen LogP contribution in [0.15, 0.2) is 18.3 Å². The first-order valence-corrected chi connectivity index (χ1v) is 3.67. The molecule has 1 nitrogen and oxygen atoms in total. The Kier molecular flexibility index (Phi) is 2.43. The molecule has 1 radical (unpaired) electrons. The summed E-state index contributed by atoms with van der Waals surface area (Å²) in [5.74, 6) is 0.591. The van der Waals surface area contributed by atoms with Crippen molar-refractivity contribution < 1.29 is 0 Å². The normalized spacial score (nSPS) is 13.0. The van der Waals surface area contributed by atoms with E-state index >= 15 is 0 Å². The van der Waals surface area contributed by atoms with Crippen LogP contribution in [0.2, 0.25) is 0 Å². The fourth-order valence-electron chi connectivity index (χ4n) is 0.833. The lowest BCUT2D eigenvalue weighted by Gasteiger charge is -2.05. The molecule has 1 atom stereocenters. The van der Waals surface area contributed by atoms with Crippen molar-refractivity contribution in [2.75, 3.05) is 0 Å². The topological polar surface area (TPSA) is 12.9 Å². The van der Waals surface area contributed by atoms with E-state index in [0.29, 0.717) is 5.92 Å². The molecule has 0 spiro atoms. The quantitative estimate of drug-likeness (QED) is 0.605. The van der Waals surface area contributed by atoms with Crippen LogP contribution in [0.5, 0.6) is 0 Å². The van der Waals surface area contributed by atoms with E-state index in [2.05, 4.69) is 31.1 Å². The number of aromatic nitrogens is 1. The van der Waals surface area contributed by atoms with Crippen LogP contribution >= 0.6 is 0 Å². The van der Waals surface area contributed by atoms with Crippen molar-refractivity contribution in [1.82, 2.24) is 4.98 Å². The molecule has 1 heteroatoms. The number of hydrogen-bond donors (Lipinski definition) is 0. The minimum Gasteiger partial charge on any atom is -0.254 e. The maximum atomic E-state index is 3.93. The highest BCUT2D eigenvalue weighted by Crippen LogP contribution is 2.15. The van der Waals surface area contributed by atoms with Crippen molar-refractivity contribution >= 4 is 0 Å². The third-order valence-corrected chi connectivity index (χ3v) is 1.77. The van der Waals surface area contributed by atoms with Gasteiger partial charge in [-0.05, 0) is 24.0 Å². The average molecular weight is 134 g/mol. The zero-order valence-electron chi connectivity index (χ0n) is 6.46. The van der Waals surface area contributed by atoms with Gasteiger partial charge in [0.15, 0.2) is 0 Å². The van der Waals surface area contributed by atoms with E-state index in [1.165, 1.54) is 5.56 Å². The first-order valence-electron chi connectivity index (χ1n) is 3.67. The Morgan fingerprint density at radius 1 is 1.70 bits per heavy atom. The first-order chi connectivity index (χ1) is 4.84. The SMILES string of the molecule is CCC(C)c1[c]nccc1. The summed E-state index contributed by atoms with van der Waals surface area (Å²) >= 11 is 0. The number of nitrogens with zero attached hydrogens (tertiary/aromatic N) is 1. The van der Waals surface area contributed by atoms with Gasteiger partial charge < -0.3 is 0 Å². The third-order valence-electron chi connectivity index (χ3n) is 1.77. The Balaban J connectivity index is 2.75. The molecule has 0 aliphatic rings. The molecular formula is C9H12N. The predicted molar refractivity (Wildman–Crippen MR) is 41.8 cm³/mol. The molecule has 0 saturated heterocycles. The van der Waals surface area contributed by atoms with Crippen molar-refractivity contribution in [3.05, 3.63) is 30.1 Å². The van der Waals surface area contributed by atoms with Gasteiger partial charge in [0.25, 0.3) is 0 Å². The first kappa shape index (κ1) is 7.26. The zero-order valence-corrected chi connectivity index (χ0v) is 6.46. The van der Waals surface area contributed by atoms with Crippen LogP contribution in [-0.2, 0) is 0 Å². The van der Waals surface area contributed by atoms with Gasteiger partial charge in [-0.15, -0.1) is 0 Å². The molecule has 1 unspecified atom stereocenters. The predicted octanol–water partition coefficient (Wildman–Crippen LogP) is 2.40. The summed E-state index contributed by atoms with van der Waals surface area (Å²) < 4.78 is 0. The number of hydrogen-bond acceptors (Lipinski definition) is 1. The second-order valence-corrected chi connectivity index (χ2v) is 2.51. The molecule has 0 aliphatic carbocycles. The van der Waals surface area contributed by atoms with Crippen LogP contribution in [-0.4, -0.2) is 4.98 Å². The molecule has 10 heavy (non-hydrogen) atoms. The molecule has 1 heterocycles. The molecule has 0 amide bonds. The van der Waals surface area contributed by atoms with Crippen molar-refractivity contribution in [2.45, 2.75) is 26.2 Å². The largest absolute Gasteiger partial charge is 0.254 e. The number of pyridine rings is 1. The minimum atomic E-state index is 0.591. The molecule has 0 bridgehead atoms. The van der Waals surface area contributed by atoms with E-state index in [-0.39, 0.29) is 0 Å². The van der Waals surface area contributed by atoms with E-state index in [1.807, 2.05) is 6.07 Å². The standard InChI is InChI=1S/C9H12N/c1-3-8(2)9-5-4-6-10-7-9/h4-6,8H,3H2,1-2H3. The fraction of sp³-hybridized carbons (Fsp3) is 0.444. The zero-order chi connectivity index (χ0) is 7.40. The lowest BCUT2D eigenvalue weighted by atomic mass is 10.0. The Morgan fingerprint density at radius 3 is 3.00 bits per heavy atom. The van der Waals surface area contributed by atoms with Crippen LogP contribution in [0.25, 0.3) is 0 Å². The Labute approximate surface area is 62.1 Å². The highest BCUT2D eigenvalue weighted by Gasteiger charge is 2.00. The summed E-state index contributed by atoms with van der Waals surface area (Å²) in [5, 5.41) is 0. The summed E-state index contributed by atoms with van der Waals surface area (Å²) in [4.78, 5) is 3.93. The molecule has 1 aromatic rings. The van der Waals surface area contributed by atoms with Crippen LogP contribution in [0, 0.1) is 6.20 Å². The average Bonchev–Trinajstić information content (AvgIpc) is 2.05. The van der Waals surface area contributed by atoms with Gasteiger partial charge in [0.05, 0.1) is 6.20 Å². The number of rotatable bonds is 2. The van der Waals surface area contributed by atoms with Gasteiger partial charge in [-0.3, -0.25) is 4.98 Å². The van der Waals surface area contributed by atoms with Crippen molar-refractivity contribution in [2.24, 2.45) is 0 Å². The molecule has 0 N–H and O–H groups in total. The maximum absolute atomic E-state index is 3.93. The molecule has 0 aliphatic heterocycles. The van der Waals surface area contributed by atoms with Gasteiger partial charge in [0.1, 0.15) is 0 Å². The Bertz CT molecular complexity index is 181. The molecule has 0 fully saturated rings. The van der Waals surface area contributed by atoms with Crippen molar-refractivity contribution in [3.8, 4) is 0 Å². The second kappa shape index (κ2) is 3.35. The summed E-state index contributed by atoms with van der Waals surface area (Å²) in [5.41, 5.74) is 1.21. The highest BCUT2D eigenvalue weighted by molar-refractivity contribution is 5.11. The highest BCUT2D eigenvalue weighted by atomic mass is 14.6. The maximum Gasteiger partial charge on any atom is 0.0923 e. The molecule has 1 aromatic heterocycles. The van der Waals surface area contributed by atoms with Crippen molar-refractivity contribution in [3.63, 3.8) is 0 Å². The van der Waals surface area contributed by atoms with Gasteiger partial charge in [0, 0.05) is 6.20 Å². The Hall–Kier alpha value is -0.850. The van der Waals surface area contributed by atoms with Crippen LogP contribution in [0.1, 0.15) is 31.7 Å². The van der Waals surface area contributed by atoms with Gasteiger partial charge in [0.2, 0.25) is 0 Å². The molecule has 1 rings (SSSR count). The van der Waals surface area contributed by atoms with Crippen LogP contribution in [0.3, 0.4) is 0 Å². The second-order valence-electron chi connectivity index (χ2n) is 2.51. The summed E-state index contributed by atoms with van der Waals surface area (Å²) in [6.45, 7) is 4.36. The minimum absolute atomic E-state index is 0.591. The van der Waals surface area contributed by atoms with Crippen molar-refractivity contribution in [1.29, 1.82) is 0 Å². The van der Waals surface area contributed by atoms with Gasteiger partial charge in [-0.2, -0.15) is 0 Å². The van der Waals surface area contributed by atoms with E-state index in [4.69, 9.17) is 0 Å². The van der Waals surface area contributed by atoms with E-state index in [1.54, 1.807) is 6.20 Å². The fourth-order valence-corrected chi connectivity index (χ4v) is 0.833. The van der Waals surface area contributed by atoms with Gasteiger partial charge >= 0.3 is 0 Å². The molecule has 0 aromatic carbocycles. The van der Waals surface area contributed by atoms with Gasteiger partial charge in [-0.1, -0.05) is 19.9 Å². The van der Waals surface area contributed by atoms with Crippen LogP contribution < -0.4 is 0 Å². The molecule has 0 saturated carbocycles. The smallest absolute Gasteiger partial charge is 0.0923 e. The summed E-state index contributed by atoms with van der Waals surface area (Å²) in [6.07, 6.45) is 5.88. The third kappa shape index (κ3) is 1.56.